The topological polar surface area (TPSA) is 23.8 Å². The van der Waals surface area contributed by atoms with Gasteiger partial charge in [-0.1, -0.05) is 26.7 Å². The van der Waals surface area contributed by atoms with Crippen molar-refractivity contribution in [3.8, 4) is 0 Å². The molecule has 0 aliphatic heterocycles. The molecule has 0 amide bonds. The molecule has 42 valence electrons. The zero-order valence-electron chi connectivity index (χ0n) is 4.99. The summed E-state index contributed by atoms with van der Waals surface area (Å²) in [5, 5.41) is 0. The van der Waals surface area contributed by atoms with Crippen LogP contribution in [0, 0.1) is 0 Å². The van der Waals surface area contributed by atoms with Gasteiger partial charge in [-0.05, 0) is 0 Å². The fourth-order valence-corrected chi connectivity index (χ4v) is 0.289. The van der Waals surface area contributed by atoms with E-state index in [4.69, 9.17) is 5.73 Å². The molecule has 0 rings (SSSR count). The minimum Gasteiger partial charge on any atom is -0.675 e. The first-order valence-corrected chi connectivity index (χ1v) is 2.52. The predicted octanol–water partition coefficient (Wildman–Crippen LogP) is 2.22. The maximum atomic E-state index is 7.07. The molecule has 0 aliphatic rings. The van der Waals surface area contributed by atoms with Gasteiger partial charge in [0.25, 0.3) is 0 Å². The Labute approximate surface area is 60.5 Å². The largest absolute Gasteiger partial charge is 0.675 e. The first-order chi connectivity index (χ1) is 2.81. The molecule has 0 aromatic carbocycles. The molecule has 1 N–H and O–H groups in total. The van der Waals surface area contributed by atoms with Crippen molar-refractivity contribution >= 4 is 0 Å². The molecule has 0 aromatic heterocycles. The third-order valence-electron chi connectivity index (χ3n) is 0.986. The van der Waals surface area contributed by atoms with Crippen LogP contribution in [0.3, 0.4) is 0 Å². The van der Waals surface area contributed by atoms with Crippen LogP contribution in [0.2, 0.25) is 0 Å². The van der Waals surface area contributed by atoms with Gasteiger partial charge in [0, 0.05) is 21.7 Å². The van der Waals surface area contributed by atoms with Gasteiger partial charge < -0.3 is 5.73 Å². The van der Waals surface area contributed by atoms with E-state index in [1.807, 2.05) is 13.8 Å². The van der Waals surface area contributed by atoms with Crippen molar-refractivity contribution in [3.63, 3.8) is 0 Å². The predicted molar refractivity (Wildman–Crippen MR) is 28.7 cm³/mol. The molecule has 0 saturated heterocycles. The summed E-state index contributed by atoms with van der Waals surface area (Å²) in [5.74, 6) is 0. The SMILES string of the molecule is CCC([NH-])CC.[Ti]. The van der Waals surface area contributed by atoms with E-state index in [0.717, 1.165) is 12.8 Å². The van der Waals surface area contributed by atoms with Crippen LogP contribution < -0.4 is 0 Å². The Morgan fingerprint density at radius 3 is 1.57 bits per heavy atom. The Morgan fingerprint density at radius 2 is 1.57 bits per heavy atom. The molecular formula is C5H12NTi-. The Bertz CT molecular complexity index is 27.3. The summed E-state index contributed by atoms with van der Waals surface area (Å²) in [6, 6.07) is 0.185. The van der Waals surface area contributed by atoms with E-state index >= 15 is 0 Å². The summed E-state index contributed by atoms with van der Waals surface area (Å²) in [5.41, 5.74) is 7.07. The summed E-state index contributed by atoms with van der Waals surface area (Å²) >= 11 is 0. The molecule has 0 unspecified atom stereocenters. The third kappa shape index (κ3) is 6.67. The summed E-state index contributed by atoms with van der Waals surface area (Å²) in [6.45, 7) is 4.09. The van der Waals surface area contributed by atoms with Crippen LogP contribution in [0.5, 0.6) is 0 Å². The number of hydrogen-bond donors (Lipinski definition) is 0. The Morgan fingerprint density at radius 1 is 1.29 bits per heavy atom. The number of nitrogens with one attached hydrogen (secondary N) is 1. The van der Waals surface area contributed by atoms with Crippen LogP contribution in [-0.4, -0.2) is 6.04 Å². The van der Waals surface area contributed by atoms with Crippen LogP contribution in [0.4, 0.5) is 0 Å². The quantitative estimate of drug-likeness (QED) is 0.517. The maximum absolute atomic E-state index is 7.07. The molecule has 0 radical (unpaired) electrons. The van der Waals surface area contributed by atoms with Crippen molar-refractivity contribution in [1.29, 1.82) is 0 Å². The molecular weight excluding hydrogens is 122 g/mol. The standard InChI is InChI=1S/C5H12N.Ti/c1-3-5(6)4-2;/h5-6H,3-4H2,1-2H3;/q-1;. The molecule has 0 spiro atoms. The number of rotatable bonds is 2. The van der Waals surface area contributed by atoms with Crippen molar-refractivity contribution in [2.45, 2.75) is 32.7 Å². The van der Waals surface area contributed by atoms with Crippen LogP contribution >= 0.6 is 0 Å². The van der Waals surface area contributed by atoms with Gasteiger partial charge in [0.2, 0.25) is 0 Å². The molecule has 0 aliphatic carbocycles. The number of hydrogen-bond acceptors (Lipinski definition) is 0. The van der Waals surface area contributed by atoms with Gasteiger partial charge in [-0.15, -0.1) is 6.04 Å². The average molecular weight is 134 g/mol. The third-order valence-corrected chi connectivity index (χ3v) is 0.986. The van der Waals surface area contributed by atoms with Crippen LogP contribution in [-0.2, 0) is 21.7 Å². The van der Waals surface area contributed by atoms with Gasteiger partial charge in [-0.25, -0.2) is 0 Å². The smallest absolute Gasteiger partial charge is 0 e. The van der Waals surface area contributed by atoms with Gasteiger partial charge >= 0.3 is 0 Å². The first-order valence-electron chi connectivity index (χ1n) is 2.52. The second-order valence-corrected chi connectivity index (χ2v) is 1.51. The van der Waals surface area contributed by atoms with Crippen molar-refractivity contribution in [1.82, 2.24) is 0 Å². The van der Waals surface area contributed by atoms with E-state index in [9.17, 15) is 0 Å². The van der Waals surface area contributed by atoms with E-state index in [2.05, 4.69) is 0 Å². The normalized spacial score (nSPS) is 8.57. The van der Waals surface area contributed by atoms with Crippen LogP contribution in [0.15, 0.2) is 0 Å². The van der Waals surface area contributed by atoms with E-state index < -0.39 is 0 Å². The Hall–Kier alpha value is 0.674. The van der Waals surface area contributed by atoms with Gasteiger partial charge in [-0.2, -0.15) is 0 Å². The molecule has 0 aromatic rings. The van der Waals surface area contributed by atoms with E-state index in [0.29, 0.717) is 0 Å². The second kappa shape index (κ2) is 6.67. The monoisotopic (exact) mass is 134 g/mol. The van der Waals surface area contributed by atoms with E-state index in [-0.39, 0.29) is 27.8 Å². The molecule has 0 heterocycles. The van der Waals surface area contributed by atoms with Crippen molar-refractivity contribution in [2.24, 2.45) is 0 Å². The molecule has 0 atom stereocenters. The minimum atomic E-state index is 0. The van der Waals surface area contributed by atoms with Crippen molar-refractivity contribution in [2.75, 3.05) is 0 Å². The molecule has 0 fully saturated rings. The molecule has 1 nitrogen and oxygen atoms in total. The maximum Gasteiger partial charge on any atom is 0 e. The van der Waals surface area contributed by atoms with Crippen LogP contribution in [0.1, 0.15) is 26.7 Å². The van der Waals surface area contributed by atoms with Gasteiger partial charge in [0.15, 0.2) is 0 Å². The summed E-state index contributed by atoms with van der Waals surface area (Å²) < 4.78 is 0. The van der Waals surface area contributed by atoms with Gasteiger partial charge in [-0.3, -0.25) is 0 Å². The van der Waals surface area contributed by atoms with Gasteiger partial charge in [0.1, 0.15) is 0 Å². The van der Waals surface area contributed by atoms with Crippen LogP contribution in [0.25, 0.3) is 5.73 Å². The second-order valence-electron chi connectivity index (χ2n) is 1.51. The molecule has 7 heavy (non-hydrogen) atoms. The van der Waals surface area contributed by atoms with E-state index in [1.54, 1.807) is 0 Å². The molecule has 0 bridgehead atoms. The fraction of sp³-hybridized carbons (Fsp3) is 1.00. The Kier molecular flexibility index (Phi) is 10.1. The van der Waals surface area contributed by atoms with E-state index in [1.165, 1.54) is 0 Å². The van der Waals surface area contributed by atoms with Crippen molar-refractivity contribution in [3.05, 3.63) is 5.73 Å². The molecule has 0 saturated carbocycles. The zero-order chi connectivity index (χ0) is 4.99. The minimum absolute atomic E-state index is 0. The van der Waals surface area contributed by atoms with Crippen molar-refractivity contribution < 1.29 is 21.7 Å². The summed E-state index contributed by atoms with van der Waals surface area (Å²) in [6.07, 6.45) is 1.99. The molecule has 2 heteroatoms. The first kappa shape index (κ1) is 10.6. The van der Waals surface area contributed by atoms with Gasteiger partial charge in [0.05, 0.1) is 0 Å². The average Bonchev–Trinajstić information content (AvgIpc) is 1.65. The fourth-order valence-electron chi connectivity index (χ4n) is 0.289. The zero-order valence-corrected chi connectivity index (χ0v) is 6.55. The Balaban J connectivity index is 0. The summed E-state index contributed by atoms with van der Waals surface area (Å²) in [7, 11) is 0. The summed E-state index contributed by atoms with van der Waals surface area (Å²) in [4.78, 5) is 0.